The zero-order valence-corrected chi connectivity index (χ0v) is 14.9. The Morgan fingerprint density at radius 1 is 0.692 bits per heavy atom. The number of rotatable bonds is 11. The number of ether oxygens (including phenoxy) is 4. The van der Waals surface area contributed by atoms with Crippen LogP contribution in [0.4, 0.5) is 0 Å². The van der Waals surface area contributed by atoms with Gasteiger partial charge in [0, 0.05) is 11.1 Å². The van der Waals surface area contributed by atoms with Crippen LogP contribution in [0.2, 0.25) is 0 Å². The number of hydrogen-bond acceptors (Lipinski definition) is 6. The van der Waals surface area contributed by atoms with E-state index in [0.717, 1.165) is 25.4 Å². The van der Waals surface area contributed by atoms with Crippen molar-refractivity contribution < 1.29 is 28.5 Å². The molecule has 0 saturated carbocycles. The highest BCUT2D eigenvalue weighted by atomic mass is 16.5. The predicted octanol–water partition coefficient (Wildman–Crippen LogP) is 3.57. The Labute approximate surface area is 152 Å². The average molecular weight is 358 g/mol. The molecule has 26 heavy (non-hydrogen) atoms. The number of carbonyl (C=O) groups excluding carboxylic acids is 2. The minimum absolute atomic E-state index is 0.501. The third-order valence-electron chi connectivity index (χ3n) is 3.70. The molecule has 6 heteroatoms. The van der Waals surface area contributed by atoms with Crippen molar-refractivity contribution in [1.82, 2.24) is 0 Å². The van der Waals surface area contributed by atoms with Crippen LogP contribution in [0.3, 0.4) is 0 Å². The second kappa shape index (κ2) is 10.1. The van der Waals surface area contributed by atoms with Crippen molar-refractivity contribution >= 4 is 12.6 Å². The van der Waals surface area contributed by atoms with Crippen molar-refractivity contribution in [2.24, 2.45) is 0 Å². The Balaban J connectivity index is 1.76. The summed E-state index contributed by atoms with van der Waals surface area (Å²) in [5.41, 5.74) is 1.08. The molecule has 0 fully saturated rings. The van der Waals surface area contributed by atoms with Gasteiger partial charge < -0.3 is 18.9 Å². The fourth-order valence-corrected chi connectivity index (χ4v) is 2.32. The van der Waals surface area contributed by atoms with Gasteiger partial charge in [-0.2, -0.15) is 0 Å². The lowest BCUT2D eigenvalue weighted by Crippen LogP contribution is -2.04. The molecule has 0 unspecified atom stereocenters. The minimum Gasteiger partial charge on any atom is -0.493 e. The summed E-state index contributed by atoms with van der Waals surface area (Å²) >= 11 is 0. The van der Waals surface area contributed by atoms with Crippen LogP contribution in [0.15, 0.2) is 36.4 Å². The lowest BCUT2D eigenvalue weighted by Gasteiger charge is -2.12. The first kappa shape index (κ1) is 19.3. The van der Waals surface area contributed by atoms with Gasteiger partial charge in [-0.1, -0.05) is 0 Å². The lowest BCUT2D eigenvalue weighted by molar-refractivity contribution is 0.111. The molecule has 0 bridgehead atoms. The van der Waals surface area contributed by atoms with Gasteiger partial charge >= 0.3 is 0 Å². The highest BCUT2D eigenvalue weighted by Gasteiger charge is 2.07. The van der Waals surface area contributed by atoms with Gasteiger partial charge in [0.1, 0.15) is 12.6 Å². The summed E-state index contributed by atoms with van der Waals surface area (Å²) in [6.45, 7) is 1.00. The van der Waals surface area contributed by atoms with E-state index in [1.807, 2.05) is 0 Å². The molecule has 0 aliphatic carbocycles. The molecule has 138 valence electrons. The first-order valence-electron chi connectivity index (χ1n) is 8.24. The number of methoxy groups -OCH3 is 2. The second-order valence-electron chi connectivity index (χ2n) is 5.46. The van der Waals surface area contributed by atoms with Crippen LogP contribution in [-0.2, 0) is 0 Å². The molecule has 2 aromatic carbocycles. The van der Waals surface area contributed by atoms with E-state index in [9.17, 15) is 9.59 Å². The fraction of sp³-hybridized carbons (Fsp3) is 0.300. The van der Waals surface area contributed by atoms with Crippen molar-refractivity contribution in [1.29, 1.82) is 0 Å². The molecule has 0 radical (unpaired) electrons. The zero-order valence-electron chi connectivity index (χ0n) is 14.9. The topological polar surface area (TPSA) is 71.1 Å². The molecule has 2 aromatic rings. The largest absolute Gasteiger partial charge is 0.493 e. The Hall–Kier alpha value is -3.02. The highest BCUT2D eigenvalue weighted by Crippen LogP contribution is 2.29. The average Bonchev–Trinajstić information content (AvgIpc) is 2.70. The number of aldehydes is 2. The van der Waals surface area contributed by atoms with Gasteiger partial charge in [0.15, 0.2) is 23.0 Å². The van der Waals surface area contributed by atoms with Crippen molar-refractivity contribution in [2.75, 3.05) is 27.4 Å². The van der Waals surface area contributed by atoms with E-state index < -0.39 is 0 Å². The number of benzene rings is 2. The Bertz CT molecular complexity index is 678. The van der Waals surface area contributed by atoms with E-state index in [2.05, 4.69) is 0 Å². The Kier molecular flexibility index (Phi) is 7.49. The Morgan fingerprint density at radius 3 is 1.46 bits per heavy atom. The summed E-state index contributed by atoms with van der Waals surface area (Å²) in [4.78, 5) is 21.6. The van der Waals surface area contributed by atoms with Gasteiger partial charge in [0.2, 0.25) is 0 Å². The lowest BCUT2D eigenvalue weighted by atomic mass is 10.2. The Morgan fingerprint density at radius 2 is 1.12 bits per heavy atom. The maximum atomic E-state index is 10.8. The summed E-state index contributed by atoms with van der Waals surface area (Å²) in [6.07, 6.45) is 3.10. The van der Waals surface area contributed by atoms with Gasteiger partial charge in [-0.3, -0.25) is 9.59 Å². The highest BCUT2D eigenvalue weighted by molar-refractivity contribution is 5.76. The molecule has 0 heterocycles. The van der Waals surface area contributed by atoms with Crippen LogP contribution < -0.4 is 18.9 Å². The standard InChI is InChI=1S/C20H22O6/c1-23-19-11-15(13-21)5-7-17(19)25-9-3-4-10-26-18-8-6-16(14-22)12-20(18)24-2/h5-8,11-14H,3-4,9-10H2,1-2H3. The van der Waals surface area contributed by atoms with Crippen molar-refractivity contribution in [3.63, 3.8) is 0 Å². The summed E-state index contributed by atoms with van der Waals surface area (Å²) < 4.78 is 21.8. The van der Waals surface area contributed by atoms with Crippen LogP contribution in [-0.4, -0.2) is 40.0 Å². The molecule has 0 atom stereocenters. The van der Waals surface area contributed by atoms with E-state index in [4.69, 9.17) is 18.9 Å². The SMILES string of the molecule is COc1cc(C=O)ccc1OCCCCOc1ccc(C=O)cc1OC. The molecule has 0 aliphatic rings. The monoisotopic (exact) mass is 358 g/mol. The normalized spacial score (nSPS) is 10.1. The van der Waals surface area contributed by atoms with Crippen molar-refractivity contribution in [2.45, 2.75) is 12.8 Å². The van der Waals surface area contributed by atoms with Crippen LogP contribution in [0.1, 0.15) is 33.6 Å². The maximum Gasteiger partial charge on any atom is 0.161 e. The van der Waals surface area contributed by atoms with Gasteiger partial charge in [0.25, 0.3) is 0 Å². The van der Waals surface area contributed by atoms with Gasteiger partial charge in [-0.05, 0) is 49.2 Å². The van der Waals surface area contributed by atoms with Gasteiger partial charge in [-0.25, -0.2) is 0 Å². The minimum atomic E-state index is 0.501. The summed E-state index contributed by atoms with van der Waals surface area (Å²) in [5.74, 6) is 2.27. The molecule has 2 rings (SSSR count). The molecular weight excluding hydrogens is 336 g/mol. The van der Waals surface area contributed by atoms with E-state index in [1.54, 1.807) is 36.4 Å². The maximum absolute atomic E-state index is 10.8. The number of unbranched alkanes of at least 4 members (excludes halogenated alkanes) is 1. The molecule has 0 aromatic heterocycles. The van der Waals surface area contributed by atoms with E-state index in [-0.39, 0.29) is 0 Å². The molecular formula is C20H22O6. The molecule has 0 amide bonds. The van der Waals surface area contributed by atoms with Gasteiger partial charge in [-0.15, -0.1) is 0 Å². The summed E-state index contributed by atoms with van der Waals surface area (Å²) in [6, 6.07) is 10.1. The molecule has 0 N–H and O–H groups in total. The third-order valence-corrected chi connectivity index (χ3v) is 3.70. The van der Waals surface area contributed by atoms with E-state index in [1.165, 1.54) is 14.2 Å². The van der Waals surface area contributed by atoms with Crippen LogP contribution in [0, 0.1) is 0 Å². The van der Waals surface area contributed by atoms with E-state index in [0.29, 0.717) is 47.3 Å². The molecule has 0 spiro atoms. The summed E-state index contributed by atoms with van der Waals surface area (Å²) in [7, 11) is 3.07. The van der Waals surface area contributed by atoms with E-state index >= 15 is 0 Å². The number of hydrogen-bond donors (Lipinski definition) is 0. The molecule has 0 aliphatic heterocycles. The second-order valence-corrected chi connectivity index (χ2v) is 5.46. The predicted molar refractivity (Wildman–Crippen MR) is 97.0 cm³/mol. The smallest absolute Gasteiger partial charge is 0.161 e. The third kappa shape index (κ3) is 5.24. The van der Waals surface area contributed by atoms with Crippen molar-refractivity contribution in [3.8, 4) is 23.0 Å². The van der Waals surface area contributed by atoms with Crippen molar-refractivity contribution in [3.05, 3.63) is 47.5 Å². The fourth-order valence-electron chi connectivity index (χ4n) is 2.32. The van der Waals surface area contributed by atoms with Gasteiger partial charge in [0.05, 0.1) is 27.4 Å². The number of carbonyl (C=O) groups is 2. The quantitative estimate of drug-likeness (QED) is 0.452. The zero-order chi connectivity index (χ0) is 18.8. The first-order valence-corrected chi connectivity index (χ1v) is 8.24. The molecule has 0 saturated heterocycles. The van der Waals surface area contributed by atoms with Crippen LogP contribution in [0.5, 0.6) is 23.0 Å². The first-order chi connectivity index (χ1) is 12.7. The van der Waals surface area contributed by atoms with Crippen LogP contribution >= 0.6 is 0 Å². The van der Waals surface area contributed by atoms with Crippen LogP contribution in [0.25, 0.3) is 0 Å². The molecule has 6 nitrogen and oxygen atoms in total. The summed E-state index contributed by atoms with van der Waals surface area (Å²) in [5, 5.41) is 0.